The Labute approximate surface area is 588 Å². The molecule has 2 atom stereocenters. The third-order valence-corrected chi connectivity index (χ3v) is 20.1. The summed E-state index contributed by atoms with van der Waals surface area (Å²) in [6.07, 6.45) is 111. The maximum absolute atomic E-state index is 12.6. The van der Waals surface area contributed by atoms with Crippen LogP contribution in [0.4, 0.5) is 0 Å². The summed E-state index contributed by atoms with van der Waals surface area (Å²) in [7, 11) is 0. The van der Waals surface area contributed by atoms with Crippen molar-refractivity contribution in [1.29, 1.82) is 0 Å². The van der Waals surface area contributed by atoms with Crippen molar-refractivity contribution >= 4 is 11.9 Å². The molecule has 0 rings (SSSR count). The van der Waals surface area contributed by atoms with Crippen LogP contribution in [-0.2, 0) is 14.3 Å². The van der Waals surface area contributed by atoms with E-state index in [1.807, 2.05) is 0 Å². The van der Waals surface area contributed by atoms with Gasteiger partial charge < -0.3 is 20.3 Å². The number of allylic oxidation sites excluding steroid dienone is 8. The summed E-state index contributed by atoms with van der Waals surface area (Å²) in [6.45, 7) is 4.98. The Kier molecular flexibility index (Phi) is 81.3. The molecule has 0 bridgehead atoms. The van der Waals surface area contributed by atoms with E-state index in [1.54, 1.807) is 0 Å². The van der Waals surface area contributed by atoms with Gasteiger partial charge in [0.05, 0.1) is 25.4 Å². The number of rotatable bonds is 81. The zero-order valence-electron chi connectivity index (χ0n) is 63.7. The smallest absolute Gasteiger partial charge is 0.305 e. The third-order valence-electron chi connectivity index (χ3n) is 20.1. The van der Waals surface area contributed by atoms with E-state index in [2.05, 4.69) is 67.8 Å². The number of carbonyl (C=O) groups is 2. The summed E-state index contributed by atoms with van der Waals surface area (Å²) in [6, 6.07) is -0.542. The van der Waals surface area contributed by atoms with Crippen LogP contribution in [0.5, 0.6) is 0 Å². The number of amides is 1. The number of nitrogens with one attached hydrogen (secondary N) is 1. The predicted octanol–water partition coefficient (Wildman–Crippen LogP) is 28.7. The average molecular weight is 1320 g/mol. The van der Waals surface area contributed by atoms with Gasteiger partial charge in [0.2, 0.25) is 5.91 Å². The lowest BCUT2D eigenvalue weighted by atomic mass is 10.0. The quantitative estimate of drug-likeness (QED) is 0.0320. The number of aliphatic hydroxyl groups excluding tert-OH is 2. The first-order chi connectivity index (χ1) is 46.5. The maximum atomic E-state index is 12.6. The molecule has 0 aromatic rings. The van der Waals surface area contributed by atoms with Crippen LogP contribution in [0, 0.1) is 0 Å². The summed E-state index contributed by atoms with van der Waals surface area (Å²) >= 11 is 0. The van der Waals surface area contributed by atoms with E-state index >= 15 is 0 Å². The van der Waals surface area contributed by atoms with Crippen molar-refractivity contribution in [2.75, 3.05) is 13.2 Å². The van der Waals surface area contributed by atoms with Crippen molar-refractivity contribution in [1.82, 2.24) is 5.32 Å². The molecule has 0 spiro atoms. The number of unbranched alkanes of at least 4 members (excludes halogenated alkanes) is 62. The molecule has 0 radical (unpaired) electrons. The first-order valence-corrected chi connectivity index (χ1v) is 42.9. The Bertz CT molecular complexity index is 1570. The van der Waals surface area contributed by atoms with Gasteiger partial charge >= 0.3 is 5.97 Å². The molecule has 0 aromatic heterocycles. The van der Waals surface area contributed by atoms with Crippen LogP contribution in [0.15, 0.2) is 48.6 Å². The molecule has 6 nitrogen and oxygen atoms in total. The zero-order valence-corrected chi connectivity index (χ0v) is 63.7. The Hall–Kier alpha value is -2.18. The molecule has 0 fully saturated rings. The van der Waals surface area contributed by atoms with Crippen LogP contribution in [0.2, 0.25) is 0 Å². The molecular formula is C88H167NO5. The van der Waals surface area contributed by atoms with Crippen molar-refractivity contribution in [2.24, 2.45) is 0 Å². The van der Waals surface area contributed by atoms with Gasteiger partial charge in [0.25, 0.3) is 0 Å². The van der Waals surface area contributed by atoms with Crippen LogP contribution in [0.3, 0.4) is 0 Å². The lowest BCUT2D eigenvalue weighted by Crippen LogP contribution is -2.45. The highest BCUT2D eigenvalue weighted by molar-refractivity contribution is 5.76. The fourth-order valence-corrected chi connectivity index (χ4v) is 13.6. The van der Waals surface area contributed by atoms with E-state index in [4.69, 9.17) is 4.74 Å². The van der Waals surface area contributed by atoms with Crippen molar-refractivity contribution < 1.29 is 24.5 Å². The van der Waals surface area contributed by atoms with Gasteiger partial charge in [-0.05, 0) is 89.9 Å². The minimum absolute atomic E-state index is 0.0102. The van der Waals surface area contributed by atoms with Crippen molar-refractivity contribution in [3.05, 3.63) is 48.6 Å². The number of carbonyl (C=O) groups excluding carboxylic acids is 2. The molecular weight excluding hydrogens is 1150 g/mol. The second-order valence-corrected chi connectivity index (χ2v) is 29.5. The normalized spacial score (nSPS) is 12.7. The van der Waals surface area contributed by atoms with E-state index in [1.165, 1.54) is 385 Å². The van der Waals surface area contributed by atoms with Gasteiger partial charge in [-0.25, -0.2) is 0 Å². The molecule has 3 N–H and O–H groups in total. The Morgan fingerprint density at radius 2 is 0.532 bits per heavy atom. The van der Waals surface area contributed by atoms with Gasteiger partial charge in [-0.3, -0.25) is 9.59 Å². The monoisotopic (exact) mass is 1320 g/mol. The van der Waals surface area contributed by atoms with Gasteiger partial charge in [-0.2, -0.15) is 0 Å². The highest BCUT2D eigenvalue weighted by Crippen LogP contribution is 2.20. The molecule has 554 valence electrons. The molecule has 0 aliphatic heterocycles. The molecule has 6 heteroatoms. The van der Waals surface area contributed by atoms with Crippen molar-refractivity contribution in [3.8, 4) is 0 Å². The number of aliphatic hydroxyl groups is 2. The fourth-order valence-electron chi connectivity index (χ4n) is 13.6. The molecule has 0 aliphatic carbocycles. The molecule has 0 aliphatic rings. The molecule has 0 aromatic carbocycles. The van der Waals surface area contributed by atoms with Crippen LogP contribution in [0.1, 0.15) is 476 Å². The summed E-state index contributed by atoms with van der Waals surface area (Å²) in [5.41, 5.74) is 0. The minimum Gasteiger partial charge on any atom is -0.466 e. The van der Waals surface area contributed by atoms with E-state index in [0.717, 1.165) is 57.8 Å². The molecule has 1 amide bonds. The summed E-state index contributed by atoms with van der Waals surface area (Å²) < 4.78 is 5.51. The van der Waals surface area contributed by atoms with Gasteiger partial charge in [0.1, 0.15) is 0 Å². The number of hydrogen-bond acceptors (Lipinski definition) is 5. The standard InChI is InChI=1S/C88H167NO5/c1-3-5-7-9-11-13-15-17-19-21-23-24-25-39-42-45-48-52-56-60-64-68-72-76-80-86(91)85(84-90)89-87(92)81-77-73-69-65-61-57-53-49-46-43-40-37-35-33-31-29-27-26-28-30-32-34-36-38-41-44-47-51-55-59-63-67-71-75-79-83-94-88(93)82-78-74-70-66-62-58-54-50-22-20-18-16-14-12-10-8-6-4-2/h14,16,20,22,28,30,34,36,85-86,90-91H,3-13,15,17-19,21,23-27,29,31-33,35,37-84H2,1-2H3,(H,89,92)/b16-14-,22-20-,30-28-,36-34-. The largest absolute Gasteiger partial charge is 0.466 e. The van der Waals surface area contributed by atoms with Crippen molar-refractivity contribution in [2.45, 2.75) is 488 Å². The van der Waals surface area contributed by atoms with Gasteiger partial charge in [-0.15, -0.1) is 0 Å². The van der Waals surface area contributed by atoms with E-state index in [9.17, 15) is 19.8 Å². The van der Waals surface area contributed by atoms with Crippen LogP contribution >= 0.6 is 0 Å². The Balaban J connectivity index is 3.37. The highest BCUT2D eigenvalue weighted by Gasteiger charge is 2.20. The maximum Gasteiger partial charge on any atom is 0.305 e. The van der Waals surface area contributed by atoms with Gasteiger partial charge in [0.15, 0.2) is 0 Å². The highest BCUT2D eigenvalue weighted by atomic mass is 16.5. The second-order valence-electron chi connectivity index (χ2n) is 29.5. The Morgan fingerprint density at radius 3 is 0.819 bits per heavy atom. The summed E-state index contributed by atoms with van der Waals surface area (Å²) in [4.78, 5) is 24.7. The molecule has 0 heterocycles. The lowest BCUT2D eigenvalue weighted by molar-refractivity contribution is -0.143. The predicted molar refractivity (Wildman–Crippen MR) is 416 cm³/mol. The molecule has 94 heavy (non-hydrogen) atoms. The average Bonchev–Trinajstić information content (AvgIpc) is 3.68. The summed E-state index contributed by atoms with van der Waals surface area (Å²) in [5.74, 6) is -0.0169. The minimum atomic E-state index is -0.665. The van der Waals surface area contributed by atoms with Gasteiger partial charge in [0, 0.05) is 12.8 Å². The topological polar surface area (TPSA) is 95.9 Å². The first kappa shape index (κ1) is 91.8. The van der Waals surface area contributed by atoms with E-state index in [0.29, 0.717) is 25.9 Å². The SMILES string of the molecule is CCCCCC/C=C\C/C=C\CCCCCCCCCC(=O)OCCCCCCCCCCCCC/C=C\C/C=C\CCCCCCCCCCCCCCCCCCCC(=O)NC(CO)C(O)CCCCCCCCCCCCCCCCCCCCCCCCCC. The zero-order chi connectivity index (χ0) is 67.7. The molecule has 0 saturated carbocycles. The fraction of sp³-hybridized carbons (Fsp3) is 0.886. The lowest BCUT2D eigenvalue weighted by Gasteiger charge is -2.22. The Morgan fingerprint density at radius 1 is 0.298 bits per heavy atom. The van der Waals surface area contributed by atoms with Gasteiger partial charge in [-0.1, -0.05) is 422 Å². The molecule has 2 unspecified atom stereocenters. The van der Waals surface area contributed by atoms with Crippen LogP contribution < -0.4 is 5.32 Å². The number of ether oxygens (including phenoxy) is 1. The van der Waals surface area contributed by atoms with Crippen LogP contribution in [0.25, 0.3) is 0 Å². The number of esters is 1. The van der Waals surface area contributed by atoms with Crippen molar-refractivity contribution in [3.63, 3.8) is 0 Å². The van der Waals surface area contributed by atoms with Crippen LogP contribution in [-0.4, -0.2) is 47.4 Å². The second kappa shape index (κ2) is 83.2. The molecule has 0 saturated heterocycles. The summed E-state index contributed by atoms with van der Waals surface area (Å²) in [5, 5.41) is 23.5. The number of hydrogen-bond donors (Lipinski definition) is 3. The first-order valence-electron chi connectivity index (χ1n) is 42.9. The van der Waals surface area contributed by atoms with E-state index < -0.39 is 12.1 Å². The van der Waals surface area contributed by atoms with E-state index in [-0.39, 0.29) is 18.5 Å². The third kappa shape index (κ3) is 78.8.